The monoisotopic (exact) mass is 623 g/mol. The third-order valence-electron chi connectivity index (χ3n) is 4.85. The van der Waals surface area contributed by atoms with Crippen LogP contribution >= 0.6 is 0 Å². The maximum absolute atomic E-state index is 11.8. The number of aliphatic hydroxyl groups excluding tert-OH is 1. The van der Waals surface area contributed by atoms with Crippen LogP contribution in [0.15, 0.2) is 65.6 Å². The zero-order valence-corrected chi connectivity index (χ0v) is 26.6. The van der Waals surface area contributed by atoms with E-state index in [0.29, 0.717) is 0 Å². The zero-order valence-electron chi connectivity index (χ0n) is 21.0. The first-order valence-electron chi connectivity index (χ1n) is 10.1. The summed E-state index contributed by atoms with van der Waals surface area (Å²) in [7, 11) is -8.04. The Hall–Kier alpha value is -2.98. The van der Waals surface area contributed by atoms with E-state index in [1.165, 1.54) is 48.5 Å². The fourth-order valence-electron chi connectivity index (χ4n) is 3.24. The first kappa shape index (κ1) is 36.0. The second-order valence-electron chi connectivity index (χ2n) is 7.18. The number of hydrogen-bond acceptors (Lipinski definition) is 13. The Morgan fingerprint density at radius 1 is 0.976 bits per heavy atom. The van der Waals surface area contributed by atoms with Crippen LogP contribution in [0, 0.1) is 26.3 Å². The average Bonchev–Trinajstić information content (AvgIpc) is 3.32. The minimum atomic E-state index is -4.93. The van der Waals surface area contributed by atoms with Gasteiger partial charge < -0.3 is 9.66 Å². The normalized spacial score (nSPS) is 10.3. The molecule has 202 valence electrons. The van der Waals surface area contributed by atoms with Crippen LogP contribution in [-0.2, 0) is 27.3 Å². The Labute approximate surface area is 276 Å². The standard InChI is InChI=1S/C20H14N6O8S.2Na.O3S/c27-12-13-11-16(26(30)31)9-10-18(13)24-22-20(17-3-1-2-4-19(17)35(32,33)34)21-23(24)14-5-7-15(8-6-14)25(28)29;;;1-4(2)3/h1,3-11,27H,12H2,(H,32,33,34);;;/q;2*+1;/p-1. The van der Waals surface area contributed by atoms with Crippen LogP contribution in [0.25, 0.3) is 22.8 Å². The molecule has 0 aliphatic rings. The molecule has 0 spiro atoms. The van der Waals surface area contributed by atoms with Gasteiger partial charge in [0.05, 0.1) is 31.7 Å². The molecule has 0 saturated heterocycles. The van der Waals surface area contributed by atoms with Gasteiger partial charge in [-0.2, -0.15) is 24.3 Å². The zero-order chi connectivity index (χ0) is 28.9. The molecule has 1 N–H and O–H groups in total. The number of benzene rings is 3. The molecule has 17 nitrogen and oxygen atoms in total. The predicted molar refractivity (Wildman–Crippen MR) is 124 cm³/mol. The molecule has 0 aliphatic carbocycles. The summed E-state index contributed by atoms with van der Waals surface area (Å²) in [5.41, 5.74) is -0.163. The van der Waals surface area contributed by atoms with Gasteiger partial charge in [-0.3, -0.25) is 28.6 Å². The van der Waals surface area contributed by atoms with Crippen molar-refractivity contribution in [3.05, 3.63) is 92.5 Å². The average molecular weight is 623 g/mol. The number of aromatic nitrogens is 4. The predicted octanol–water partition coefficient (Wildman–Crippen LogP) is -5.77. The molecule has 0 atom stereocenters. The van der Waals surface area contributed by atoms with E-state index < -0.39 is 42.1 Å². The topological polar surface area (TPSA) is 250 Å². The van der Waals surface area contributed by atoms with Crippen molar-refractivity contribution < 1.29 is 104 Å². The van der Waals surface area contributed by atoms with Crippen molar-refractivity contribution in [2.24, 2.45) is 0 Å². The van der Waals surface area contributed by atoms with E-state index in [9.17, 15) is 38.3 Å². The van der Waals surface area contributed by atoms with Crippen LogP contribution in [0.1, 0.15) is 5.56 Å². The quantitative estimate of drug-likeness (QED) is 0.0504. The second-order valence-corrected chi connectivity index (χ2v) is 8.94. The summed E-state index contributed by atoms with van der Waals surface area (Å²) in [5, 5.41) is 40.6. The smallest absolute Gasteiger partial charge is 0.754 e. The molecule has 1 heterocycles. The van der Waals surface area contributed by atoms with Crippen molar-refractivity contribution in [2.75, 3.05) is 0 Å². The van der Waals surface area contributed by atoms with E-state index in [4.69, 9.17) is 12.6 Å². The first-order chi connectivity index (χ1) is 18.3. The molecule has 4 rings (SSSR count). The van der Waals surface area contributed by atoms with Crippen LogP contribution in [0.3, 0.4) is 0 Å². The van der Waals surface area contributed by atoms with Gasteiger partial charge in [-0.15, -0.1) is 12.6 Å². The third kappa shape index (κ3) is 9.00. The molecule has 0 unspecified atom stereocenters. The van der Waals surface area contributed by atoms with E-state index in [0.717, 1.165) is 21.7 Å². The van der Waals surface area contributed by atoms with Crippen LogP contribution in [0.4, 0.5) is 11.4 Å². The van der Waals surface area contributed by atoms with Crippen molar-refractivity contribution in [3.63, 3.8) is 0 Å². The Morgan fingerprint density at radius 3 is 2.05 bits per heavy atom. The van der Waals surface area contributed by atoms with Crippen LogP contribution in [0.5, 0.6) is 0 Å². The van der Waals surface area contributed by atoms with Crippen molar-refractivity contribution >= 4 is 32.1 Å². The van der Waals surface area contributed by atoms with E-state index >= 15 is 0 Å². The molecule has 0 saturated carbocycles. The summed E-state index contributed by atoms with van der Waals surface area (Å²) in [4.78, 5) is 22.6. The van der Waals surface area contributed by atoms with Crippen LogP contribution in [0.2, 0.25) is 0 Å². The Balaban J connectivity index is 0.00000131. The van der Waals surface area contributed by atoms with Crippen molar-refractivity contribution in [3.8, 4) is 22.8 Å². The van der Waals surface area contributed by atoms with Gasteiger partial charge in [0.15, 0.2) is 5.69 Å². The Morgan fingerprint density at radius 2 is 1.54 bits per heavy atom. The van der Waals surface area contributed by atoms with Gasteiger partial charge in [-0.1, -0.05) is 0 Å². The fourth-order valence-corrected chi connectivity index (χ4v) is 3.88. The summed E-state index contributed by atoms with van der Waals surface area (Å²) in [6.45, 7) is -0.618. The van der Waals surface area contributed by atoms with E-state index in [1.54, 1.807) is 0 Å². The van der Waals surface area contributed by atoms with Gasteiger partial charge >= 0.3 is 75.5 Å². The number of tetrazole rings is 1. The summed E-state index contributed by atoms with van der Waals surface area (Å²) < 4.78 is 60.6. The third-order valence-corrected chi connectivity index (χ3v) is 5.72. The number of nitro benzene ring substituents is 2. The molecule has 0 bridgehead atoms. The second kappa shape index (κ2) is 15.3. The molecule has 0 amide bonds. The Bertz CT molecular complexity index is 1790. The van der Waals surface area contributed by atoms with Crippen molar-refractivity contribution in [1.29, 1.82) is 0 Å². The number of rotatable bonds is 7. The van der Waals surface area contributed by atoms with E-state index in [1.807, 2.05) is 0 Å². The molecular formula is C20H13N6Na2O11S2+. The van der Waals surface area contributed by atoms with Gasteiger partial charge in [-0.25, -0.2) is 0 Å². The molecular weight excluding hydrogens is 610 g/mol. The van der Waals surface area contributed by atoms with Crippen LogP contribution in [-0.4, -0.2) is 55.5 Å². The van der Waals surface area contributed by atoms with Gasteiger partial charge in [0, 0.05) is 34.6 Å². The van der Waals surface area contributed by atoms with Gasteiger partial charge in [0.25, 0.3) is 11.4 Å². The molecule has 0 aliphatic heterocycles. The SMILES string of the molecule is O=S(=O)=O.O=[N+]([O-])c1ccc(-n2nc(-c3cc[c-]cc3S(=O)(=O)[O-])n[n+]2-c2ccc([N+](=O)[O-])cc2CO)cc1.[Na+].[Na+]. The van der Waals surface area contributed by atoms with E-state index in [2.05, 4.69) is 16.3 Å². The molecule has 0 radical (unpaired) electrons. The summed E-state index contributed by atoms with van der Waals surface area (Å²) in [6, 6.07) is 14.8. The summed E-state index contributed by atoms with van der Waals surface area (Å²) in [5.74, 6) is -0.214. The maximum Gasteiger partial charge on any atom is 1.00 e. The Kier molecular flexibility index (Phi) is 13.5. The number of non-ortho nitro benzene ring substituents is 2. The first-order valence-corrected chi connectivity index (χ1v) is 12.5. The molecule has 3 aromatic carbocycles. The molecule has 21 heteroatoms. The van der Waals surface area contributed by atoms with Gasteiger partial charge in [-0.05, 0) is 38.6 Å². The number of nitro groups is 2. The van der Waals surface area contributed by atoms with Gasteiger partial charge in [0.1, 0.15) is 5.69 Å². The summed E-state index contributed by atoms with van der Waals surface area (Å²) >= 11 is 0. The number of hydrogen-bond donors (Lipinski definition) is 1. The number of nitrogens with zero attached hydrogens (tertiary/aromatic N) is 6. The van der Waals surface area contributed by atoms with Crippen LogP contribution < -0.4 is 63.9 Å². The largest absolute Gasteiger partial charge is 1.00 e. The summed E-state index contributed by atoms with van der Waals surface area (Å²) in [6.07, 6.45) is 0. The minimum absolute atomic E-state index is 0. The number of aliphatic hydroxyl groups is 1. The van der Waals surface area contributed by atoms with Gasteiger partial charge in [0.2, 0.25) is 0 Å². The van der Waals surface area contributed by atoms with Crippen molar-refractivity contribution in [2.45, 2.75) is 11.5 Å². The fraction of sp³-hybridized carbons (Fsp3) is 0.0500. The van der Waals surface area contributed by atoms with E-state index in [-0.39, 0.29) is 98.8 Å². The van der Waals surface area contributed by atoms with Crippen molar-refractivity contribution in [1.82, 2.24) is 15.0 Å². The minimum Gasteiger partial charge on any atom is -0.754 e. The maximum atomic E-state index is 11.8. The molecule has 4 aromatic rings. The molecule has 1 aromatic heterocycles. The molecule has 41 heavy (non-hydrogen) atoms. The molecule has 0 fully saturated rings.